The van der Waals surface area contributed by atoms with E-state index in [4.69, 9.17) is 5.73 Å². The first-order valence-corrected chi connectivity index (χ1v) is 8.47. The van der Waals surface area contributed by atoms with Gasteiger partial charge < -0.3 is 10.6 Å². The van der Waals surface area contributed by atoms with Crippen LogP contribution in [-0.4, -0.2) is 29.8 Å². The van der Waals surface area contributed by atoms with E-state index in [0.717, 1.165) is 31.4 Å². The summed E-state index contributed by atoms with van der Waals surface area (Å²) in [6.07, 6.45) is 4.21. The number of nitrogens with zero attached hydrogens (tertiary/aromatic N) is 1. The molecule has 24 heavy (non-hydrogen) atoms. The van der Waals surface area contributed by atoms with Gasteiger partial charge in [0.2, 0.25) is 11.8 Å². The average molecular weight is 324 g/mol. The minimum Gasteiger partial charge on any atom is -0.366 e. The Bertz CT molecular complexity index is 761. The number of piperidine rings is 1. The molecule has 0 bridgehead atoms. The standard InChI is InChI=1S/C20H24N2O2/c1-4-18(23)22-9-5-6-14(11-22)15-7-8-16(20(21)24)17-10-12(2)13(3)19(15)17/h4,7-8,14H,1,5-6,9-11H2,2-3H3,(H2,21,24). The smallest absolute Gasteiger partial charge is 0.249 e. The molecule has 4 heteroatoms. The van der Waals surface area contributed by atoms with Gasteiger partial charge in [0.25, 0.3) is 0 Å². The van der Waals surface area contributed by atoms with Crippen LogP contribution in [-0.2, 0) is 11.2 Å². The molecule has 126 valence electrons. The topological polar surface area (TPSA) is 63.4 Å². The highest BCUT2D eigenvalue weighted by Crippen LogP contribution is 2.41. The van der Waals surface area contributed by atoms with Gasteiger partial charge in [-0.25, -0.2) is 0 Å². The molecule has 0 saturated carbocycles. The summed E-state index contributed by atoms with van der Waals surface area (Å²) >= 11 is 0. The molecule has 1 aliphatic heterocycles. The second kappa shape index (κ2) is 6.27. The van der Waals surface area contributed by atoms with Crippen molar-refractivity contribution in [3.05, 3.63) is 52.6 Å². The predicted molar refractivity (Wildman–Crippen MR) is 95.7 cm³/mol. The SMILES string of the molecule is C=CC(=O)N1CCCC(c2ccc(C(N)=O)c3c2C(C)=C(C)C3)C1. The van der Waals surface area contributed by atoms with Crippen LogP contribution in [0.1, 0.15) is 59.7 Å². The number of hydrogen-bond acceptors (Lipinski definition) is 2. The molecule has 0 spiro atoms. The summed E-state index contributed by atoms with van der Waals surface area (Å²) in [5.41, 5.74) is 12.2. The van der Waals surface area contributed by atoms with Gasteiger partial charge in [0.1, 0.15) is 0 Å². The minimum absolute atomic E-state index is 0.00598. The molecule has 1 fully saturated rings. The number of likely N-dealkylation sites (tertiary alicyclic amines) is 1. The quantitative estimate of drug-likeness (QED) is 0.869. The zero-order valence-corrected chi connectivity index (χ0v) is 14.4. The number of fused-ring (bicyclic) bond motifs is 1. The average Bonchev–Trinajstić information content (AvgIpc) is 2.88. The Morgan fingerprint density at radius 2 is 2.08 bits per heavy atom. The van der Waals surface area contributed by atoms with E-state index in [9.17, 15) is 9.59 Å². The summed E-state index contributed by atoms with van der Waals surface area (Å²) in [6.45, 7) is 9.32. The van der Waals surface area contributed by atoms with Crippen molar-refractivity contribution >= 4 is 17.4 Å². The van der Waals surface area contributed by atoms with Gasteiger partial charge in [-0.15, -0.1) is 0 Å². The van der Waals surface area contributed by atoms with Crippen LogP contribution in [0.3, 0.4) is 0 Å². The highest BCUT2D eigenvalue weighted by atomic mass is 16.2. The maximum Gasteiger partial charge on any atom is 0.249 e. The normalized spacial score (nSPS) is 20.1. The zero-order chi connectivity index (χ0) is 17.4. The van der Waals surface area contributed by atoms with Crippen LogP contribution in [0.5, 0.6) is 0 Å². The molecule has 4 nitrogen and oxygen atoms in total. The predicted octanol–water partition coefficient (Wildman–Crippen LogP) is 3.03. The van der Waals surface area contributed by atoms with Crippen molar-refractivity contribution in [3.63, 3.8) is 0 Å². The summed E-state index contributed by atoms with van der Waals surface area (Å²) < 4.78 is 0. The molecule has 1 aromatic rings. The third-order valence-corrected chi connectivity index (χ3v) is 5.42. The molecule has 2 N–H and O–H groups in total. The summed E-state index contributed by atoms with van der Waals surface area (Å²) in [7, 11) is 0. The van der Waals surface area contributed by atoms with Crippen molar-refractivity contribution < 1.29 is 9.59 Å². The van der Waals surface area contributed by atoms with Crippen molar-refractivity contribution in [2.24, 2.45) is 5.73 Å². The number of carbonyl (C=O) groups is 2. The number of benzene rings is 1. The Hall–Kier alpha value is -2.36. The fourth-order valence-electron chi connectivity index (χ4n) is 4.03. The Morgan fingerprint density at radius 1 is 1.33 bits per heavy atom. The molecular weight excluding hydrogens is 300 g/mol. The highest BCUT2D eigenvalue weighted by molar-refractivity contribution is 5.97. The van der Waals surface area contributed by atoms with Crippen LogP contribution >= 0.6 is 0 Å². The van der Waals surface area contributed by atoms with Crippen LogP contribution in [0.4, 0.5) is 0 Å². The van der Waals surface area contributed by atoms with Gasteiger partial charge in [-0.05, 0) is 67.5 Å². The second-order valence-corrected chi connectivity index (χ2v) is 6.83. The van der Waals surface area contributed by atoms with E-state index in [1.165, 1.54) is 28.3 Å². The lowest BCUT2D eigenvalue weighted by Gasteiger charge is -2.33. The first-order chi connectivity index (χ1) is 11.4. The van der Waals surface area contributed by atoms with Crippen LogP contribution in [0.15, 0.2) is 30.4 Å². The summed E-state index contributed by atoms with van der Waals surface area (Å²) in [6, 6.07) is 3.89. The molecule has 1 heterocycles. The molecule has 1 unspecified atom stereocenters. The molecule has 2 amide bonds. The monoisotopic (exact) mass is 324 g/mol. The van der Waals surface area contributed by atoms with Gasteiger partial charge in [0, 0.05) is 24.6 Å². The summed E-state index contributed by atoms with van der Waals surface area (Å²) in [5.74, 6) is -0.0832. The van der Waals surface area contributed by atoms with Crippen LogP contribution in [0.25, 0.3) is 5.57 Å². The maximum absolute atomic E-state index is 12.0. The van der Waals surface area contributed by atoms with Crippen LogP contribution < -0.4 is 5.73 Å². The zero-order valence-electron chi connectivity index (χ0n) is 14.4. The summed E-state index contributed by atoms with van der Waals surface area (Å²) in [4.78, 5) is 25.6. The molecule has 0 aromatic heterocycles. The lowest BCUT2D eigenvalue weighted by molar-refractivity contribution is -0.127. The lowest BCUT2D eigenvalue weighted by Crippen LogP contribution is -2.38. The van der Waals surface area contributed by atoms with Crippen LogP contribution in [0.2, 0.25) is 0 Å². The van der Waals surface area contributed by atoms with Gasteiger partial charge in [0.15, 0.2) is 0 Å². The Balaban J connectivity index is 2.03. The van der Waals surface area contributed by atoms with Crippen molar-refractivity contribution in [1.82, 2.24) is 4.90 Å². The Morgan fingerprint density at radius 3 is 2.75 bits per heavy atom. The van der Waals surface area contributed by atoms with Gasteiger partial charge in [-0.3, -0.25) is 9.59 Å². The summed E-state index contributed by atoms with van der Waals surface area (Å²) in [5, 5.41) is 0. The molecule has 1 saturated heterocycles. The van der Waals surface area contributed by atoms with Gasteiger partial charge >= 0.3 is 0 Å². The van der Waals surface area contributed by atoms with E-state index >= 15 is 0 Å². The fraction of sp³-hybridized carbons (Fsp3) is 0.400. The molecular formula is C20H24N2O2. The van der Waals surface area contributed by atoms with Crippen molar-refractivity contribution in [2.75, 3.05) is 13.1 Å². The fourth-order valence-corrected chi connectivity index (χ4v) is 4.03. The third-order valence-electron chi connectivity index (χ3n) is 5.42. The number of primary amides is 1. The van der Waals surface area contributed by atoms with E-state index in [1.807, 2.05) is 17.0 Å². The van der Waals surface area contributed by atoms with Gasteiger partial charge in [0.05, 0.1) is 0 Å². The number of rotatable bonds is 3. The lowest BCUT2D eigenvalue weighted by atomic mass is 9.83. The number of allylic oxidation sites excluding steroid dienone is 2. The Kier molecular flexibility index (Phi) is 4.31. The number of hydrogen-bond donors (Lipinski definition) is 1. The number of amides is 2. The van der Waals surface area contributed by atoms with Crippen molar-refractivity contribution in [2.45, 2.75) is 39.0 Å². The van der Waals surface area contributed by atoms with Crippen LogP contribution in [0, 0.1) is 0 Å². The largest absolute Gasteiger partial charge is 0.366 e. The van der Waals surface area contributed by atoms with E-state index in [2.05, 4.69) is 20.4 Å². The van der Waals surface area contributed by atoms with E-state index in [-0.39, 0.29) is 11.8 Å². The van der Waals surface area contributed by atoms with Crippen molar-refractivity contribution in [3.8, 4) is 0 Å². The maximum atomic E-state index is 12.0. The first kappa shape index (κ1) is 16.5. The van der Waals surface area contributed by atoms with E-state index in [1.54, 1.807) is 0 Å². The minimum atomic E-state index is -0.368. The number of carbonyl (C=O) groups excluding carboxylic acids is 2. The molecule has 1 aromatic carbocycles. The molecule has 0 radical (unpaired) electrons. The van der Waals surface area contributed by atoms with E-state index < -0.39 is 0 Å². The molecule has 1 atom stereocenters. The van der Waals surface area contributed by atoms with Gasteiger partial charge in [-0.2, -0.15) is 0 Å². The Labute approximate surface area is 143 Å². The van der Waals surface area contributed by atoms with Gasteiger partial charge in [-0.1, -0.05) is 18.2 Å². The van der Waals surface area contributed by atoms with E-state index in [0.29, 0.717) is 18.0 Å². The molecule has 3 rings (SSSR count). The number of nitrogens with two attached hydrogens (primary N) is 1. The van der Waals surface area contributed by atoms with Crippen molar-refractivity contribution in [1.29, 1.82) is 0 Å². The molecule has 2 aliphatic rings. The first-order valence-electron chi connectivity index (χ1n) is 8.47. The molecule has 1 aliphatic carbocycles. The second-order valence-electron chi connectivity index (χ2n) is 6.83. The third kappa shape index (κ3) is 2.66. The highest BCUT2D eigenvalue weighted by Gasteiger charge is 2.30.